The third kappa shape index (κ3) is 2.22. The number of aromatic nitrogens is 2. The van der Waals surface area contributed by atoms with Gasteiger partial charge in [0.25, 0.3) is 0 Å². The largest absolute Gasteiger partial charge is 0.367 e. The van der Waals surface area contributed by atoms with Crippen molar-refractivity contribution in [1.29, 1.82) is 0 Å². The lowest BCUT2D eigenvalue weighted by Crippen LogP contribution is -1.93. The molecular weight excluding hydrogens is 283 g/mol. The number of anilines is 1. The molecule has 0 saturated carbocycles. The molecule has 4 nitrogen and oxygen atoms in total. The topological polar surface area (TPSA) is 64.9 Å². The van der Waals surface area contributed by atoms with Crippen LogP contribution < -0.4 is 5.73 Å². The summed E-state index contributed by atoms with van der Waals surface area (Å²) in [7, 11) is 0. The SMILES string of the molecule is Nc1onc(-c2ccncc2F)c1-c1ccc(F)cc1F. The lowest BCUT2D eigenvalue weighted by atomic mass is 10.0. The number of hydrogen-bond acceptors (Lipinski definition) is 4. The molecule has 0 saturated heterocycles. The van der Waals surface area contributed by atoms with Gasteiger partial charge in [-0.05, 0) is 18.2 Å². The van der Waals surface area contributed by atoms with E-state index in [2.05, 4.69) is 10.1 Å². The molecule has 2 aromatic heterocycles. The zero-order chi connectivity index (χ0) is 15.0. The number of nitrogen functional groups attached to an aromatic ring is 1. The molecule has 0 spiro atoms. The molecule has 0 radical (unpaired) electrons. The van der Waals surface area contributed by atoms with Gasteiger partial charge in [-0.15, -0.1) is 0 Å². The van der Waals surface area contributed by atoms with Gasteiger partial charge >= 0.3 is 0 Å². The number of halogens is 3. The Kier molecular flexibility index (Phi) is 3.09. The Hall–Kier alpha value is -2.83. The molecule has 3 rings (SSSR count). The molecule has 1 aromatic carbocycles. The van der Waals surface area contributed by atoms with Crippen LogP contribution in [0.25, 0.3) is 22.4 Å². The quantitative estimate of drug-likeness (QED) is 0.786. The van der Waals surface area contributed by atoms with Crippen LogP contribution in [-0.2, 0) is 0 Å². The Bertz CT molecular complexity index is 817. The van der Waals surface area contributed by atoms with Gasteiger partial charge in [-0.1, -0.05) is 5.16 Å². The summed E-state index contributed by atoms with van der Waals surface area (Å²) in [5.74, 6) is -2.43. The molecule has 7 heteroatoms. The van der Waals surface area contributed by atoms with Gasteiger partial charge in [-0.3, -0.25) is 4.98 Å². The number of benzene rings is 1. The van der Waals surface area contributed by atoms with Crippen LogP contribution in [0.2, 0.25) is 0 Å². The maximum Gasteiger partial charge on any atom is 0.230 e. The van der Waals surface area contributed by atoms with Crippen LogP contribution in [0.5, 0.6) is 0 Å². The maximum absolute atomic E-state index is 13.9. The minimum Gasteiger partial charge on any atom is -0.367 e. The minimum atomic E-state index is -0.847. The number of pyridine rings is 1. The Labute approximate surface area is 117 Å². The van der Waals surface area contributed by atoms with E-state index >= 15 is 0 Å². The molecule has 21 heavy (non-hydrogen) atoms. The molecule has 2 heterocycles. The smallest absolute Gasteiger partial charge is 0.230 e. The first-order valence-corrected chi connectivity index (χ1v) is 5.88. The van der Waals surface area contributed by atoms with Crippen molar-refractivity contribution in [3.8, 4) is 22.4 Å². The van der Waals surface area contributed by atoms with Gasteiger partial charge < -0.3 is 10.3 Å². The number of rotatable bonds is 2. The Morgan fingerprint density at radius 3 is 2.52 bits per heavy atom. The van der Waals surface area contributed by atoms with Crippen LogP contribution >= 0.6 is 0 Å². The van der Waals surface area contributed by atoms with Crippen molar-refractivity contribution in [3.63, 3.8) is 0 Å². The fourth-order valence-electron chi connectivity index (χ4n) is 2.01. The van der Waals surface area contributed by atoms with Gasteiger partial charge in [-0.2, -0.15) is 0 Å². The summed E-state index contributed by atoms with van der Waals surface area (Å²) < 4.78 is 45.5. The van der Waals surface area contributed by atoms with Crippen LogP contribution in [0.4, 0.5) is 19.1 Å². The van der Waals surface area contributed by atoms with E-state index in [4.69, 9.17) is 10.3 Å². The number of hydrogen-bond donors (Lipinski definition) is 1. The van der Waals surface area contributed by atoms with Gasteiger partial charge in [0, 0.05) is 23.4 Å². The molecule has 3 aromatic rings. The van der Waals surface area contributed by atoms with Gasteiger partial charge in [0.05, 0.1) is 11.8 Å². The van der Waals surface area contributed by atoms with Crippen molar-refractivity contribution >= 4 is 5.88 Å². The summed E-state index contributed by atoms with van der Waals surface area (Å²) >= 11 is 0. The number of nitrogens with zero attached hydrogens (tertiary/aromatic N) is 2. The second-order valence-corrected chi connectivity index (χ2v) is 4.25. The zero-order valence-corrected chi connectivity index (χ0v) is 10.5. The summed E-state index contributed by atoms with van der Waals surface area (Å²) in [6.45, 7) is 0. The molecule has 2 N–H and O–H groups in total. The summed E-state index contributed by atoms with van der Waals surface area (Å²) in [6, 6.07) is 4.32. The van der Waals surface area contributed by atoms with Crippen LogP contribution in [0.15, 0.2) is 41.2 Å². The molecule has 0 unspecified atom stereocenters. The van der Waals surface area contributed by atoms with Gasteiger partial charge in [0.2, 0.25) is 5.88 Å². The summed E-state index contributed by atoms with van der Waals surface area (Å²) in [6.07, 6.45) is 2.35. The standard InChI is InChI=1S/C14H8F3N3O/c15-7-1-2-8(10(16)5-7)12-13(20-21-14(12)18)9-3-4-19-6-11(9)17/h1-6H,18H2. The van der Waals surface area contributed by atoms with Crippen molar-refractivity contribution in [3.05, 3.63) is 54.1 Å². The Morgan fingerprint density at radius 1 is 1.00 bits per heavy atom. The maximum atomic E-state index is 13.9. The van der Waals surface area contributed by atoms with E-state index in [1.807, 2.05) is 0 Å². The molecule has 106 valence electrons. The van der Waals surface area contributed by atoms with E-state index in [9.17, 15) is 13.2 Å². The summed E-state index contributed by atoms with van der Waals surface area (Å²) in [5.41, 5.74) is 5.77. The molecule has 0 aliphatic heterocycles. The highest BCUT2D eigenvalue weighted by molar-refractivity contribution is 5.87. The van der Waals surface area contributed by atoms with Crippen molar-refractivity contribution in [2.45, 2.75) is 0 Å². The molecule has 0 bridgehead atoms. The third-order valence-corrected chi connectivity index (χ3v) is 2.95. The highest BCUT2D eigenvalue weighted by Gasteiger charge is 2.22. The Morgan fingerprint density at radius 2 is 1.81 bits per heavy atom. The van der Waals surface area contributed by atoms with Crippen LogP contribution in [0.1, 0.15) is 0 Å². The van der Waals surface area contributed by atoms with E-state index in [-0.39, 0.29) is 28.3 Å². The first-order chi connectivity index (χ1) is 10.1. The molecule has 0 amide bonds. The number of nitrogens with two attached hydrogens (primary N) is 1. The predicted molar refractivity (Wildman–Crippen MR) is 69.5 cm³/mol. The average Bonchev–Trinajstić information content (AvgIpc) is 2.81. The van der Waals surface area contributed by atoms with Gasteiger partial charge in [0.1, 0.15) is 17.3 Å². The van der Waals surface area contributed by atoms with Crippen molar-refractivity contribution in [1.82, 2.24) is 10.1 Å². The highest BCUT2D eigenvalue weighted by atomic mass is 19.1. The summed E-state index contributed by atoms with van der Waals surface area (Å²) in [4.78, 5) is 3.62. The Balaban J connectivity index is 2.25. The van der Waals surface area contributed by atoms with Gasteiger partial charge in [0.15, 0.2) is 5.82 Å². The van der Waals surface area contributed by atoms with Crippen molar-refractivity contribution in [2.24, 2.45) is 0 Å². The molecule has 0 aliphatic rings. The van der Waals surface area contributed by atoms with Crippen LogP contribution in [0, 0.1) is 17.5 Å². The first-order valence-electron chi connectivity index (χ1n) is 5.88. The molecule has 0 atom stereocenters. The highest BCUT2D eigenvalue weighted by Crippen LogP contribution is 2.38. The predicted octanol–water partition coefficient (Wildman–Crippen LogP) is 3.40. The van der Waals surface area contributed by atoms with E-state index < -0.39 is 17.5 Å². The monoisotopic (exact) mass is 291 g/mol. The minimum absolute atomic E-state index is 0.0258. The van der Waals surface area contributed by atoms with E-state index in [1.54, 1.807) is 0 Å². The first kappa shape index (κ1) is 13.2. The van der Waals surface area contributed by atoms with Crippen molar-refractivity contribution < 1.29 is 17.7 Å². The molecule has 0 fully saturated rings. The van der Waals surface area contributed by atoms with E-state index in [1.165, 1.54) is 18.3 Å². The normalized spacial score (nSPS) is 10.8. The van der Waals surface area contributed by atoms with E-state index in [0.717, 1.165) is 12.3 Å². The lowest BCUT2D eigenvalue weighted by Gasteiger charge is -2.05. The van der Waals surface area contributed by atoms with E-state index in [0.29, 0.717) is 6.07 Å². The van der Waals surface area contributed by atoms with Gasteiger partial charge in [-0.25, -0.2) is 13.2 Å². The molecular formula is C14H8F3N3O. The molecule has 0 aliphatic carbocycles. The lowest BCUT2D eigenvalue weighted by molar-refractivity contribution is 0.439. The second kappa shape index (κ2) is 4.93. The van der Waals surface area contributed by atoms with Crippen molar-refractivity contribution in [2.75, 3.05) is 5.73 Å². The van der Waals surface area contributed by atoms with Crippen LogP contribution in [0.3, 0.4) is 0 Å². The summed E-state index contributed by atoms with van der Waals surface area (Å²) in [5, 5.41) is 3.66. The fraction of sp³-hybridized carbons (Fsp3) is 0. The van der Waals surface area contributed by atoms with Crippen LogP contribution in [-0.4, -0.2) is 10.1 Å². The zero-order valence-electron chi connectivity index (χ0n) is 10.5. The fourth-order valence-corrected chi connectivity index (χ4v) is 2.01. The average molecular weight is 291 g/mol. The second-order valence-electron chi connectivity index (χ2n) is 4.25. The third-order valence-electron chi connectivity index (χ3n) is 2.95.